The van der Waals surface area contributed by atoms with Gasteiger partial charge in [0.1, 0.15) is 21.5 Å². The Hall–Kier alpha value is -1.53. The summed E-state index contributed by atoms with van der Waals surface area (Å²) >= 11 is 3.36. The molecular weight excluding hydrogens is 276 g/mol. The van der Waals surface area contributed by atoms with Crippen molar-refractivity contribution in [2.75, 3.05) is 12.4 Å². The number of nitrogens with zero attached hydrogens (tertiary/aromatic N) is 3. The monoisotopic (exact) mass is 290 g/mol. The second-order valence-corrected chi connectivity index (χ2v) is 6.55. The zero-order valence-electron chi connectivity index (χ0n) is 11.0. The summed E-state index contributed by atoms with van der Waals surface area (Å²) in [6.45, 7) is 4.10. The Balaban J connectivity index is 2.03. The van der Waals surface area contributed by atoms with E-state index in [0.29, 0.717) is 6.42 Å². The highest BCUT2D eigenvalue weighted by molar-refractivity contribution is 7.18. The van der Waals surface area contributed by atoms with Crippen molar-refractivity contribution in [3.05, 3.63) is 32.8 Å². The van der Waals surface area contributed by atoms with E-state index in [9.17, 15) is 0 Å². The summed E-state index contributed by atoms with van der Waals surface area (Å²) in [5, 5.41) is 7.37. The number of anilines is 1. The Kier molecular flexibility index (Phi) is 3.20. The third-order valence-electron chi connectivity index (χ3n) is 2.77. The van der Waals surface area contributed by atoms with E-state index < -0.39 is 0 Å². The van der Waals surface area contributed by atoms with E-state index in [1.165, 1.54) is 4.88 Å². The second kappa shape index (κ2) is 4.86. The lowest BCUT2D eigenvalue weighted by molar-refractivity contribution is 0.976. The van der Waals surface area contributed by atoms with Crippen LogP contribution in [-0.2, 0) is 6.42 Å². The van der Waals surface area contributed by atoms with Gasteiger partial charge in [-0.25, -0.2) is 15.0 Å². The van der Waals surface area contributed by atoms with Crippen LogP contribution in [0, 0.1) is 13.8 Å². The predicted octanol–water partition coefficient (Wildman–Crippen LogP) is 3.40. The fourth-order valence-electron chi connectivity index (χ4n) is 1.97. The zero-order valence-corrected chi connectivity index (χ0v) is 12.7. The van der Waals surface area contributed by atoms with Crippen LogP contribution >= 0.6 is 22.7 Å². The van der Waals surface area contributed by atoms with Gasteiger partial charge in [-0.1, -0.05) is 0 Å². The lowest BCUT2D eigenvalue weighted by atomic mass is 10.3. The van der Waals surface area contributed by atoms with Gasteiger partial charge in [0.05, 0.1) is 11.8 Å². The molecule has 0 fully saturated rings. The fraction of sp³-hybridized carbons (Fsp3) is 0.308. The number of rotatable bonds is 3. The van der Waals surface area contributed by atoms with Crippen LogP contribution in [0.2, 0.25) is 0 Å². The van der Waals surface area contributed by atoms with Gasteiger partial charge in [0.25, 0.3) is 0 Å². The maximum atomic E-state index is 4.64. The van der Waals surface area contributed by atoms with Gasteiger partial charge in [0, 0.05) is 23.0 Å². The van der Waals surface area contributed by atoms with E-state index in [1.54, 1.807) is 22.7 Å². The molecule has 0 atom stereocenters. The molecule has 6 heteroatoms. The molecule has 0 spiro atoms. The highest BCUT2D eigenvalue weighted by atomic mass is 32.1. The van der Waals surface area contributed by atoms with Crippen LogP contribution in [0.3, 0.4) is 0 Å². The molecular formula is C13H14N4S2. The van der Waals surface area contributed by atoms with Crippen molar-refractivity contribution < 1.29 is 0 Å². The SMILES string of the molecule is CNc1nc(Cc2nc(C)cs2)nc2sc(C)cc12. The first kappa shape index (κ1) is 12.5. The Morgan fingerprint density at radius 3 is 2.74 bits per heavy atom. The largest absolute Gasteiger partial charge is 0.372 e. The van der Waals surface area contributed by atoms with Crippen LogP contribution < -0.4 is 5.32 Å². The van der Waals surface area contributed by atoms with Crippen molar-refractivity contribution >= 4 is 38.7 Å². The molecule has 0 aromatic carbocycles. The first-order chi connectivity index (χ1) is 9.15. The molecule has 0 aliphatic heterocycles. The van der Waals surface area contributed by atoms with E-state index in [-0.39, 0.29) is 0 Å². The third kappa shape index (κ3) is 2.46. The lowest BCUT2D eigenvalue weighted by Gasteiger charge is -2.03. The molecule has 3 aromatic heterocycles. The molecule has 1 N–H and O–H groups in total. The summed E-state index contributed by atoms with van der Waals surface area (Å²) in [5.41, 5.74) is 1.06. The standard InChI is InChI=1S/C13H14N4S2/c1-7-6-18-11(15-7)5-10-16-12(14-3)9-4-8(2)19-13(9)17-10/h4,6H,5H2,1-3H3,(H,14,16,17). The minimum atomic E-state index is 0.695. The number of thiazole rings is 1. The normalized spacial score (nSPS) is 11.1. The summed E-state index contributed by atoms with van der Waals surface area (Å²) < 4.78 is 0. The van der Waals surface area contributed by atoms with E-state index in [2.05, 4.69) is 38.6 Å². The van der Waals surface area contributed by atoms with Gasteiger partial charge in [-0.2, -0.15) is 0 Å². The van der Waals surface area contributed by atoms with E-state index in [4.69, 9.17) is 0 Å². The molecule has 0 radical (unpaired) electrons. The van der Waals surface area contributed by atoms with Crippen molar-refractivity contribution in [3.8, 4) is 0 Å². The number of thiophene rings is 1. The maximum Gasteiger partial charge on any atom is 0.139 e. The molecule has 3 aromatic rings. The third-order valence-corrected chi connectivity index (χ3v) is 4.69. The van der Waals surface area contributed by atoms with Gasteiger partial charge >= 0.3 is 0 Å². The van der Waals surface area contributed by atoms with Crippen molar-refractivity contribution in [1.29, 1.82) is 0 Å². The van der Waals surface area contributed by atoms with Crippen LogP contribution in [0.4, 0.5) is 5.82 Å². The Morgan fingerprint density at radius 2 is 2.05 bits per heavy atom. The number of hydrogen-bond donors (Lipinski definition) is 1. The second-order valence-electron chi connectivity index (χ2n) is 4.37. The van der Waals surface area contributed by atoms with Gasteiger partial charge < -0.3 is 5.32 Å². The molecule has 0 amide bonds. The van der Waals surface area contributed by atoms with E-state index in [0.717, 1.165) is 32.6 Å². The average molecular weight is 290 g/mol. The fourth-order valence-corrected chi connectivity index (χ4v) is 3.64. The summed E-state index contributed by atoms with van der Waals surface area (Å²) in [4.78, 5) is 16.0. The van der Waals surface area contributed by atoms with E-state index in [1.807, 2.05) is 14.0 Å². The number of fused-ring (bicyclic) bond motifs is 1. The van der Waals surface area contributed by atoms with Crippen LogP contribution in [0.5, 0.6) is 0 Å². The molecule has 0 aliphatic rings. The topological polar surface area (TPSA) is 50.7 Å². The first-order valence-corrected chi connectivity index (χ1v) is 7.71. The highest BCUT2D eigenvalue weighted by Gasteiger charge is 2.11. The Bertz CT molecular complexity index is 729. The van der Waals surface area contributed by atoms with Crippen LogP contribution in [-0.4, -0.2) is 22.0 Å². The molecule has 3 rings (SSSR count). The summed E-state index contributed by atoms with van der Waals surface area (Å²) in [7, 11) is 1.89. The van der Waals surface area contributed by atoms with Crippen molar-refractivity contribution in [3.63, 3.8) is 0 Å². The minimum Gasteiger partial charge on any atom is -0.372 e. The Labute approximate surface area is 119 Å². The molecule has 0 aliphatic carbocycles. The summed E-state index contributed by atoms with van der Waals surface area (Å²) in [6, 6.07) is 2.13. The molecule has 0 unspecified atom stereocenters. The number of aromatic nitrogens is 3. The number of nitrogens with one attached hydrogen (secondary N) is 1. The van der Waals surface area contributed by atoms with Crippen LogP contribution in [0.25, 0.3) is 10.2 Å². The van der Waals surface area contributed by atoms with Crippen molar-refractivity contribution in [2.24, 2.45) is 0 Å². The summed E-state index contributed by atoms with van der Waals surface area (Å²) in [6.07, 6.45) is 0.695. The zero-order chi connectivity index (χ0) is 13.4. The van der Waals surface area contributed by atoms with Gasteiger partial charge in [0.15, 0.2) is 0 Å². The van der Waals surface area contributed by atoms with Crippen LogP contribution in [0.15, 0.2) is 11.4 Å². The molecule has 4 nitrogen and oxygen atoms in total. The van der Waals surface area contributed by atoms with Gasteiger partial charge in [-0.3, -0.25) is 0 Å². The highest BCUT2D eigenvalue weighted by Crippen LogP contribution is 2.28. The van der Waals surface area contributed by atoms with Gasteiger partial charge in [0.2, 0.25) is 0 Å². The van der Waals surface area contributed by atoms with Crippen molar-refractivity contribution in [2.45, 2.75) is 20.3 Å². The molecule has 3 heterocycles. The molecule has 98 valence electrons. The lowest BCUT2D eigenvalue weighted by Crippen LogP contribution is -2.01. The molecule has 0 bridgehead atoms. The minimum absolute atomic E-state index is 0.695. The van der Waals surface area contributed by atoms with Gasteiger partial charge in [-0.05, 0) is 19.9 Å². The number of hydrogen-bond acceptors (Lipinski definition) is 6. The van der Waals surface area contributed by atoms with Crippen molar-refractivity contribution in [1.82, 2.24) is 15.0 Å². The smallest absolute Gasteiger partial charge is 0.139 e. The average Bonchev–Trinajstić information content (AvgIpc) is 2.93. The molecule has 19 heavy (non-hydrogen) atoms. The molecule has 0 saturated carbocycles. The molecule has 0 saturated heterocycles. The number of aryl methyl sites for hydroxylation is 2. The van der Waals surface area contributed by atoms with Gasteiger partial charge in [-0.15, -0.1) is 22.7 Å². The van der Waals surface area contributed by atoms with Crippen LogP contribution in [0.1, 0.15) is 21.4 Å². The quantitative estimate of drug-likeness (QED) is 0.803. The predicted molar refractivity (Wildman–Crippen MR) is 81.4 cm³/mol. The maximum absolute atomic E-state index is 4.64. The first-order valence-electron chi connectivity index (χ1n) is 6.01. The summed E-state index contributed by atoms with van der Waals surface area (Å²) in [5.74, 6) is 1.73. The Morgan fingerprint density at radius 1 is 1.21 bits per heavy atom. The van der Waals surface area contributed by atoms with E-state index >= 15 is 0 Å².